The van der Waals surface area contributed by atoms with Gasteiger partial charge in [-0.3, -0.25) is 24.1 Å². The molecule has 4 aliphatic rings. The first kappa shape index (κ1) is 94.3. The van der Waals surface area contributed by atoms with Crippen molar-refractivity contribution < 1.29 is 43.6 Å². The number of hydrogen-bond donors (Lipinski definition) is 4. The molecule has 0 atom stereocenters. The molecule has 4 aliphatic carbocycles. The largest absolute Gasteiger partial charge is 0.400 e. The van der Waals surface area contributed by atoms with E-state index in [1.807, 2.05) is 194 Å². The normalized spacial score (nSPS) is 12.8. The Morgan fingerprint density at radius 1 is 0.481 bits per heavy atom. The number of tetrazole rings is 2. The summed E-state index contributed by atoms with van der Waals surface area (Å²) in [7, 11) is 1.00. The number of rotatable bonds is 36. The van der Waals surface area contributed by atoms with E-state index in [1.165, 1.54) is 71.2 Å². The second kappa shape index (κ2) is 48.8. The van der Waals surface area contributed by atoms with Crippen molar-refractivity contribution in [1.29, 1.82) is 10.5 Å². The topological polar surface area (TPSA) is 424 Å². The quantitative estimate of drug-likeness (QED) is 0.00707. The summed E-state index contributed by atoms with van der Waals surface area (Å²) >= 11 is 2.59. The number of aromatic amines is 2. The van der Waals surface area contributed by atoms with Crippen LogP contribution in [0.15, 0.2) is 222 Å². The standard InChI is InChI=1S/2C20H19N7O2.C20H18N4O2.C16H14N4O.C4H5ClO.3C4H9.CH4O.N3.Sn/c2*28-20(15-6-7-15)26(12-19-22-24-25-23-19)17-8-9-18-16(10-17)11-21-27(18)29-13-14-4-2-1-3-5-14;21-10-11-23(20(25)16-6-7-16)18-8-9-19-17(12-18)13-22-24(19)26-14-15-4-2-1-3-5-15;17-8-9-18-15-6-7-16-14(10-15)11-19-20(16)21-12-13-4-2-1-3-5-13;5-4(6)3-1-2-3;3*1-3-4-2;1-2;1-3-2;/h2*1-5,8-11,15H,6-7,12-13H2,(H,22,23,24,25);1-5,8-9,12-13,16H,6-7,11,14H2;1-7,10-11,18H,9,12H2;3H,1-2H2;3*1,3-4H2,2H3;2H,1H3;;/q;;;;;;;;;-1;+1. The van der Waals surface area contributed by atoms with Gasteiger partial charge in [-0.25, -0.2) is 0 Å². The number of azide groups is 1. The fourth-order valence-corrected chi connectivity index (χ4v) is 26.3. The first-order valence-corrected chi connectivity index (χ1v) is 51.1. The van der Waals surface area contributed by atoms with Gasteiger partial charge in [-0.05, 0) is 158 Å². The minimum atomic E-state index is -2.45. The fraction of sp³-hybridized carbons (Fsp3) is 0.355. The van der Waals surface area contributed by atoms with Crippen LogP contribution in [0.4, 0.5) is 22.7 Å². The van der Waals surface area contributed by atoms with Gasteiger partial charge in [0.15, 0.2) is 11.6 Å². The molecule has 4 fully saturated rings. The number of nitrogens with one attached hydrogen (secondary N) is 3. The second-order valence-corrected chi connectivity index (χ2v) is 43.5. The van der Waals surface area contributed by atoms with Gasteiger partial charge in [-0.2, -0.15) is 21.0 Å². The summed E-state index contributed by atoms with van der Waals surface area (Å²) in [4.78, 5) is 85.4. The molecule has 4 saturated carbocycles. The fourth-order valence-electron chi connectivity index (χ4n) is 13.8. The van der Waals surface area contributed by atoms with Crippen molar-refractivity contribution in [2.75, 3.05) is 40.2 Å². The van der Waals surface area contributed by atoms with Gasteiger partial charge in [-0.1, -0.05) is 151 Å². The number of benzene rings is 8. The van der Waals surface area contributed by atoms with Crippen LogP contribution in [0.1, 0.15) is 145 Å². The van der Waals surface area contributed by atoms with Crippen molar-refractivity contribution >= 4 is 120 Å². The average Bonchev–Trinajstić information content (AvgIpc) is 1.66. The molecule has 129 heavy (non-hydrogen) atoms. The Morgan fingerprint density at radius 3 is 1.09 bits per heavy atom. The molecule has 668 valence electrons. The molecule has 14 aromatic rings. The van der Waals surface area contributed by atoms with Crippen LogP contribution in [0.25, 0.3) is 54.1 Å². The average molecular weight is 1870 g/mol. The molecule has 4 N–H and O–H groups in total. The molecular formula is C93H106ClN25O9Sn. The van der Waals surface area contributed by atoms with E-state index >= 15 is 0 Å². The number of nitrogens with zero attached hydrogens (tertiary/aromatic N) is 22. The molecule has 36 heteroatoms. The number of aliphatic hydroxyl groups excluding tert-OH is 1. The summed E-state index contributed by atoms with van der Waals surface area (Å²) in [6.07, 6.45) is 22.0. The smallest absolute Gasteiger partial charge is 0.231 e. The summed E-state index contributed by atoms with van der Waals surface area (Å²) < 4.78 is 8.18. The van der Waals surface area contributed by atoms with Crippen molar-refractivity contribution in [3.05, 3.63) is 263 Å². The predicted octanol–water partition coefficient (Wildman–Crippen LogP) is 16.2. The maximum Gasteiger partial charge on any atom is 0.231 e. The molecule has 3 amide bonds. The van der Waals surface area contributed by atoms with Crippen LogP contribution in [0.3, 0.4) is 0 Å². The number of amides is 3. The molecule has 6 heterocycles. The number of anilines is 4. The second-order valence-electron chi connectivity index (χ2n) is 31.3. The number of aromatic nitrogens is 16. The van der Waals surface area contributed by atoms with E-state index in [0.717, 1.165) is 147 Å². The van der Waals surface area contributed by atoms with Crippen LogP contribution < -0.4 is 39.4 Å². The molecule has 0 aliphatic heterocycles. The van der Waals surface area contributed by atoms with E-state index in [4.69, 9.17) is 52.1 Å². The van der Waals surface area contributed by atoms with Gasteiger partial charge in [0.2, 0.25) is 23.0 Å². The van der Waals surface area contributed by atoms with E-state index in [1.54, 1.807) is 39.5 Å². The first-order chi connectivity index (χ1) is 63.2. The van der Waals surface area contributed by atoms with E-state index < -0.39 is 18.7 Å². The Labute approximate surface area is 756 Å². The Hall–Kier alpha value is -13.8. The molecule has 18 rings (SSSR count). The monoisotopic (exact) mass is 1870 g/mol. The number of hydrogen-bond acceptors (Lipinski definition) is 23. The van der Waals surface area contributed by atoms with Crippen molar-refractivity contribution in [3.63, 3.8) is 0 Å². The molecule has 8 aromatic carbocycles. The zero-order valence-corrected chi connectivity index (χ0v) is 76.3. The molecule has 0 bridgehead atoms. The van der Waals surface area contributed by atoms with E-state index in [-0.39, 0.29) is 72.8 Å². The number of carbonyl (C=O) groups is 4. The van der Waals surface area contributed by atoms with E-state index in [0.29, 0.717) is 38.1 Å². The van der Waals surface area contributed by atoms with E-state index in [2.05, 4.69) is 108 Å². The summed E-state index contributed by atoms with van der Waals surface area (Å²) in [6, 6.07) is 66.6. The van der Waals surface area contributed by atoms with Crippen LogP contribution >= 0.6 is 11.6 Å². The van der Waals surface area contributed by atoms with Crippen molar-refractivity contribution in [3.8, 4) is 12.1 Å². The molecule has 0 saturated heterocycles. The number of unbranched alkanes of at least 4 members (excludes halogenated alkanes) is 3. The SMILES string of the molecule is CCC[CH2][Sn]([CH2]CCC)([CH2]CCC)[N]=[N+]=[N-].CO.N#CCN(C(=O)C1CC1)c1ccc2c(cnn2OCc2ccccc2)c1.N#CCNc1ccc2c(cnn2OCc2ccccc2)c1.O=C(C1CC1)N(Cc1nn[nH]n1)c1ccc2c(cnn2OCc2ccccc2)c1.O=C(C1CC1)N(Cc1nn[nH]n1)c1ccc2c(cnn2OCc2ccccc2)c1.O=C(Cl)C1CC1. The van der Waals surface area contributed by atoms with Gasteiger partial charge >= 0.3 is 105 Å². The molecular weight excluding hydrogens is 1770 g/mol. The van der Waals surface area contributed by atoms with Gasteiger partial charge in [0.1, 0.15) is 61.6 Å². The predicted molar refractivity (Wildman–Crippen MR) is 493 cm³/mol. The number of carbonyl (C=O) groups excluding carboxylic acids is 4. The Bertz CT molecular complexity index is 5790. The Morgan fingerprint density at radius 2 is 0.806 bits per heavy atom. The third kappa shape index (κ3) is 28.1. The maximum atomic E-state index is 12.8. The van der Waals surface area contributed by atoms with Crippen LogP contribution in [0, 0.1) is 46.3 Å². The van der Waals surface area contributed by atoms with Crippen LogP contribution in [0.2, 0.25) is 13.3 Å². The first-order valence-electron chi connectivity index (χ1n) is 43.4. The molecule has 34 nitrogen and oxygen atoms in total. The van der Waals surface area contributed by atoms with Crippen LogP contribution in [-0.4, -0.2) is 148 Å². The van der Waals surface area contributed by atoms with Crippen LogP contribution in [-0.2, 0) is 58.7 Å². The summed E-state index contributed by atoms with van der Waals surface area (Å²) in [6.45, 7) is 9.29. The zero-order valence-electron chi connectivity index (χ0n) is 72.7. The minimum absolute atomic E-state index is 0.0265. The van der Waals surface area contributed by atoms with Gasteiger partial charge in [0.25, 0.3) is 0 Å². The molecule has 6 aromatic heterocycles. The Balaban J connectivity index is 0.000000145. The summed E-state index contributed by atoms with van der Waals surface area (Å²) in [5.74, 6) is 1.59. The van der Waals surface area contributed by atoms with Gasteiger partial charge in [0, 0.05) is 75.1 Å². The third-order valence-corrected chi connectivity index (χ3v) is 34.3. The zero-order chi connectivity index (χ0) is 90.5. The number of fused-ring (bicyclic) bond motifs is 4. The third-order valence-electron chi connectivity index (χ3n) is 21.5. The van der Waals surface area contributed by atoms with Crippen LogP contribution in [0.5, 0.6) is 0 Å². The van der Waals surface area contributed by atoms with Crippen molar-refractivity contribution in [1.82, 2.24) is 81.0 Å². The van der Waals surface area contributed by atoms with Gasteiger partial charge < -0.3 is 39.6 Å². The van der Waals surface area contributed by atoms with Crippen molar-refractivity contribution in [2.45, 2.75) is 163 Å². The number of nitriles is 2. The van der Waals surface area contributed by atoms with Crippen molar-refractivity contribution in [2.24, 2.45) is 27.0 Å². The number of H-pyrrole nitrogens is 2. The summed E-state index contributed by atoms with van der Waals surface area (Å²) in [5.41, 5.74) is 19.7. The molecule has 0 unspecified atom stereocenters. The minimum Gasteiger partial charge on any atom is -0.400 e. The molecule has 0 radical (unpaired) electrons. The van der Waals surface area contributed by atoms with Gasteiger partial charge in [0.05, 0.1) is 50.0 Å². The Kier molecular flexibility index (Phi) is 35.7. The maximum absolute atomic E-state index is 12.8. The summed E-state index contributed by atoms with van der Waals surface area (Å²) in [5, 5.41) is 76.2. The molecule has 0 spiro atoms. The number of halogens is 1. The van der Waals surface area contributed by atoms with Gasteiger partial charge in [-0.15, -0.1) is 40.8 Å². The van der Waals surface area contributed by atoms with E-state index in [9.17, 15) is 19.2 Å². The number of aliphatic hydroxyl groups is 1.